The number of thiazole rings is 1. The molecule has 0 atom stereocenters. The second-order valence-corrected chi connectivity index (χ2v) is 5.63. The van der Waals surface area contributed by atoms with Crippen molar-refractivity contribution in [1.82, 2.24) is 4.98 Å². The predicted octanol–water partition coefficient (Wildman–Crippen LogP) is 3.90. The molecule has 0 aliphatic rings. The summed E-state index contributed by atoms with van der Waals surface area (Å²) in [5.74, 6) is 0. The van der Waals surface area contributed by atoms with Crippen LogP contribution >= 0.6 is 22.9 Å². The first-order valence-corrected chi connectivity index (χ1v) is 6.66. The zero-order valence-corrected chi connectivity index (χ0v) is 11.7. The molecule has 0 unspecified atom stereocenters. The van der Waals surface area contributed by atoms with Gasteiger partial charge in [0.05, 0.1) is 23.5 Å². The Bertz CT molecular complexity index is 594. The molecular formula is C13H12ClN3S. The van der Waals surface area contributed by atoms with E-state index in [0.29, 0.717) is 17.1 Å². The molecule has 1 aromatic heterocycles. The second-order valence-electron chi connectivity index (χ2n) is 3.90. The normalized spacial score (nSPS) is 10.1. The molecule has 1 N–H and O–H groups in total. The van der Waals surface area contributed by atoms with Crippen molar-refractivity contribution in [1.29, 1.82) is 5.26 Å². The minimum Gasteiger partial charge on any atom is -0.377 e. The smallest absolute Gasteiger partial charge is 0.112 e. The lowest BCUT2D eigenvalue weighted by Crippen LogP contribution is -2.01. The molecule has 5 heteroatoms. The van der Waals surface area contributed by atoms with Gasteiger partial charge in [0.25, 0.3) is 0 Å². The Kier molecular flexibility index (Phi) is 3.85. The Morgan fingerprint density at radius 2 is 2.22 bits per heavy atom. The molecule has 0 saturated heterocycles. The summed E-state index contributed by atoms with van der Waals surface area (Å²) in [6.07, 6.45) is 0. The van der Waals surface area contributed by atoms with Crippen LogP contribution < -0.4 is 5.32 Å². The Labute approximate surface area is 115 Å². The monoisotopic (exact) mass is 277 g/mol. The molecule has 0 spiro atoms. The van der Waals surface area contributed by atoms with Crippen molar-refractivity contribution >= 4 is 28.6 Å². The average Bonchev–Trinajstić information content (AvgIpc) is 2.66. The van der Waals surface area contributed by atoms with E-state index in [4.69, 9.17) is 16.9 Å². The fourth-order valence-electron chi connectivity index (χ4n) is 1.55. The third kappa shape index (κ3) is 2.81. The molecule has 18 heavy (non-hydrogen) atoms. The first kappa shape index (κ1) is 12.9. The maximum Gasteiger partial charge on any atom is 0.112 e. The van der Waals surface area contributed by atoms with Gasteiger partial charge in [0.1, 0.15) is 11.1 Å². The van der Waals surface area contributed by atoms with Crippen LogP contribution in [0.15, 0.2) is 18.2 Å². The number of hydrogen-bond donors (Lipinski definition) is 1. The van der Waals surface area contributed by atoms with E-state index in [1.165, 1.54) is 4.88 Å². The van der Waals surface area contributed by atoms with Gasteiger partial charge in [-0.25, -0.2) is 4.98 Å². The number of benzene rings is 1. The van der Waals surface area contributed by atoms with Gasteiger partial charge in [0, 0.05) is 9.90 Å². The summed E-state index contributed by atoms with van der Waals surface area (Å²) in [5.41, 5.74) is 2.39. The molecular weight excluding hydrogens is 266 g/mol. The molecule has 1 heterocycles. The lowest BCUT2D eigenvalue weighted by molar-refractivity contribution is 1.07. The fourth-order valence-corrected chi connectivity index (χ4v) is 2.59. The second kappa shape index (κ2) is 5.38. The van der Waals surface area contributed by atoms with Gasteiger partial charge >= 0.3 is 0 Å². The minimum atomic E-state index is 0.587. The van der Waals surface area contributed by atoms with Gasteiger partial charge in [-0.3, -0.25) is 0 Å². The van der Waals surface area contributed by atoms with Crippen LogP contribution in [-0.4, -0.2) is 4.98 Å². The topological polar surface area (TPSA) is 48.7 Å². The quantitative estimate of drug-likeness (QED) is 0.926. The summed E-state index contributed by atoms with van der Waals surface area (Å²) in [6, 6.07) is 7.32. The number of anilines is 1. The molecule has 2 rings (SSSR count). The lowest BCUT2D eigenvalue weighted by atomic mass is 10.2. The third-order valence-electron chi connectivity index (χ3n) is 2.60. The maximum absolute atomic E-state index is 9.01. The van der Waals surface area contributed by atoms with Crippen molar-refractivity contribution in [3.05, 3.63) is 44.4 Å². The van der Waals surface area contributed by atoms with Gasteiger partial charge in [-0.05, 0) is 32.0 Å². The van der Waals surface area contributed by atoms with Crippen molar-refractivity contribution in [3.8, 4) is 6.07 Å². The summed E-state index contributed by atoms with van der Waals surface area (Å²) in [7, 11) is 0. The van der Waals surface area contributed by atoms with E-state index in [2.05, 4.69) is 23.3 Å². The van der Waals surface area contributed by atoms with E-state index in [1.807, 2.05) is 6.92 Å². The van der Waals surface area contributed by atoms with Crippen molar-refractivity contribution in [2.45, 2.75) is 20.4 Å². The maximum atomic E-state index is 9.01. The Morgan fingerprint density at radius 1 is 1.44 bits per heavy atom. The molecule has 0 saturated carbocycles. The minimum absolute atomic E-state index is 0.587. The van der Waals surface area contributed by atoms with E-state index in [-0.39, 0.29) is 0 Å². The van der Waals surface area contributed by atoms with Crippen LogP contribution in [0, 0.1) is 25.2 Å². The molecule has 0 fully saturated rings. The highest BCUT2D eigenvalue weighted by atomic mass is 35.5. The summed E-state index contributed by atoms with van der Waals surface area (Å²) >= 11 is 7.58. The number of aromatic nitrogens is 1. The van der Waals surface area contributed by atoms with Crippen molar-refractivity contribution in [2.75, 3.05) is 5.32 Å². The molecule has 0 radical (unpaired) electrons. The summed E-state index contributed by atoms with van der Waals surface area (Å²) < 4.78 is 0. The van der Waals surface area contributed by atoms with Crippen LogP contribution in [0.5, 0.6) is 0 Å². The van der Waals surface area contributed by atoms with E-state index in [0.717, 1.165) is 16.4 Å². The summed E-state index contributed by atoms with van der Waals surface area (Å²) in [6.45, 7) is 4.65. The predicted molar refractivity (Wildman–Crippen MR) is 75.1 cm³/mol. The molecule has 0 aliphatic heterocycles. The zero-order chi connectivity index (χ0) is 13.1. The van der Waals surface area contributed by atoms with Crippen LogP contribution in [-0.2, 0) is 6.54 Å². The highest BCUT2D eigenvalue weighted by molar-refractivity contribution is 7.11. The Balaban J connectivity index is 2.15. The van der Waals surface area contributed by atoms with Gasteiger partial charge in [0.2, 0.25) is 0 Å². The number of rotatable bonds is 3. The van der Waals surface area contributed by atoms with Crippen LogP contribution in [0.25, 0.3) is 0 Å². The van der Waals surface area contributed by atoms with Gasteiger partial charge in [-0.2, -0.15) is 5.26 Å². The van der Waals surface area contributed by atoms with E-state index >= 15 is 0 Å². The summed E-state index contributed by atoms with van der Waals surface area (Å²) in [5, 5.41) is 13.8. The van der Waals surface area contributed by atoms with Crippen molar-refractivity contribution in [2.24, 2.45) is 0 Å². The molecule has 0 amide bonds. The van der Waals surface area contributed by atoms with Crippen LogP contribution in [0.4, 0.5) is 5.69 Å². The average molecular weight is 278 g/mol. The number of aryl methyl sites for hydroxylation is 2. The standard InChI is InChI=1S/C13H12ClN3S/c1-8-9(2)18-13(17-8)7-16-12-5-11(14)4-3-10(12)6-15/h3-5,16H,7H2,1-2H3. The van der Waals surface area contributed by atoms with Gasteiger partial charge in [0.15, 0.2) is 0 Å². The summed E-state index contributed by atoms with van der Waals surface area (Å²) in [4.78, 5) is 5.66. The van der Waals surface area contributed by atoms with Gasteiger partial charge in [-0.15, -0.1) is 11.3 Å². The van der Waals surface area contributed by atoms with Crippen molar-refractivity contribution in [3.63, 3.8) is 0 Å². The molecule has 3 nitrogen and oxygen atoms in total. The number of nitriles is 1. The first-order valence-electron chi connectivity index (χ1n) is 5.46. The van der Waals surface area contributed by atoms with E-state index < -0.39 is 0 Å². The van der Waals surface area contributed by atoms with Crippen LogP contribution in [0.1, 0.15) is 21.1 Å². The third-order valence-corrected chi connectivity index (χ3v) is 3.91. The van der Waals surface area contributed by atoms with Crippen LogP contribution in [0.2, 0.25) is 5.02 Å². The molecule has 0 bridgehead atoms. The zero-order valence-electron chi connectivity index (χ0n) is 10.1. The fraction of sp³-hybridized carbons (Fsp3) is 0.231. The van der Waals surface area contributed by atoms with Crippen molar-refractivity contribution < 1.29 is 0 Å². The Hall–Kier alpha value is -1.57. The highest BCUT2D eigenvalue weighted by Crippen LogP contribution is 2.22. The molecule has 0 aliphatic carbocycles. The van der Waals surface area contributed by atoms with Crippen LogP contribution in [0.3, 0.4) is 0 Å². The number of halogens is 1. The van der Waals surface area contributed by atoms with Gasteiger partial charge < -0.3 is 5.32 Å². The van der Waals surface area contributed by atoms with E-state index in [9.17, 15) is 0 Å². The lowest BCUT2D eigenvalue weighted by Gasteiger charge is -2.06. The largest absolute Gasteiger partial charge is 0.377 e. The van der Waals surface area contributed by atoms with Gasteiger partial charge in [-0.1, -0.05) is 11.6 Å². The number of nitrogens with zero attached hydrogens (tertiary/aromatic N) is 2. The van der Waals surface area contributed by atoms with E-state index in [1.54, 1.807) is 29.5 Å². The first-order chi connectivity index (χ1) is 8.60. The Morgan fingerprint density at radius 3 is 2.83 bits per heavy atom. The molecule has 92 valence electrons. The SMILES string of the molecule is Cc1nc(CNc2cc(Cl)ccc2C#N)sc1C. The number of nitrogens with one attached hydrogen (secondary N) is 1. The molecule has 2 aromatic rings. The number of hydrogen-bond acceptors (Lipinski definition) is 4. The highest BCUT2D eigenvalue weighted by Gasteiger charge is 2.06. The molecule has 1 aromatic carbocycles.